The van der Waals surface area contributed by atoms with E-state index in [1.165, 1.54) is 12.3 Å². The van der Waals surface area contributed by atoms with Gasteiger partial charge < -0.3 is 5.73 Å². The van der Waals surface area contributed by atoms with Crippen LogP contribution in [0.1, 0.15) is 33.6 Å². The number of hydrogen-bond donors (Lipinski definition) is 1. The standard InChI is InChI=1S/C11H18N2O/c1-4-6-11(8(2)3)9(14)5-7-13-10(11)12/h5,7-8H,4,6H2,1-3H3,(H2,12,13). The molecule has 1 unspecified atom stereocenters. The maximum atomic E-state index is 11.9. The molecule has 1 aliphatic rings. The molecule has 3 nitrogen and oxygen atoms in total. The Morgan fingerprint density at radius 2 is 2.21 bits per heavy atom. The van der Waals surface area contributed by atoms with E-state index < -0.39 is 5.41 Å². The van der Waals surface area contributed by atoms with Crippen LogP contribution >= 0.6 is 0 Å². The van der Waals surface area contributed by atoms with E-state index in [-0.39, 0.29) is 11.7 Å². The van der Waals surface area contributed by atoms with Crippen molar-refractivity contribution in [2.75, 3.05) is 0 Å². The van der Waals surface area contributed by atoms with Crippen LogP contribution in [0.25, 0.3) is 0 Å². The first-order valence-electron chi connectivity index (χ1n) is 5.10. The van der Waals surface area contributed by atoms with Crippen LogP contribution in [-0.2, 0) is 4.79 Å². The lowest BCUT2D eigenvalue weighted by Gasteiger charge is -2.35. The molecule has 14 heavy (non-hydrogen) atoms. The summed E-state index contributed by atoms with van der Waals surface area (Å²) in [5.41, 5.74) is 5.32. The third-order valence-electron chi connectivity index (χ3n) is 2.97. The number of rotatable bonds is 3. The van der Waals surface area contributed by atoms with Crippen molar-refractivity contribution in [3.63, 3.8) is 0 Å². The van der Waals surface area contributed by atoms with Crippen molar-refractivity contribution in [3.8, 4) is 0 Å². The van der Waals surface area contributed by atoms with Crippen LogP contribution in [0, 0.1) is 11.3 Å². The van der Waals surface area contributed by atoms with E-state index in [9.17, 15) is 4.79 Å². The fourth-order valence-corrected chi connectivity index (χ4v) is 2.09. The summed E-state index contributed by atoms with van der Waals surface area (Å²) in [4.78, 5) is 16.0. The van der Waals surface area contributed by atoms with Crippen LogP contribution < -0.4 is 5.73 Å². The smallest absolute Gasteiger partial charge is 0.171 e. The molecular formula is C11H18N2O. The number of carbonyl (C=O) groups is 1. The summed E-state index contributed by atoms with van der Waals surface area (Å²) in [6.45, 7) is 6.10. The van der Waals surface area contributed by atoms with Gasteiger partial charge in [-0.2, -0.15) is 0 Å². The SMILES string of the molecule is CCCC1(C(C)C)C(=O)C=CN=C1N. The van der Waals surface area contributed by atoms with Gasteiger partial charge in [0.1, 0.15) is 5.84 Å². The molecule has 0 radical (unpaired) electrons. The third-order valence-corrected chi connectivity index (χ3v) is 2.97. The first-order valence-corrected chi connectivity index (χ1v) is 5.10. The molecule has 3 heteroatoms. The first-order chi connectivity index (χ1) is 6.55. The van der Waals surface area contributed by atoms with Crippen molar-refractivity contribution >= 4 is 11.6 Å². The summed E-state index contributed by atoms with van der Waals surface area (Å²) in [6.07, 6.45) is 4.75. The van der Waals surface area contributed by atoms with Gasteiger partial charge in [-0.3, -0.25) is 4.79 Å². The predicted octanol–water partition coefficient (Wildman–Crippen LogP) is 1.88. The highest BCUT2D eigenvalue weighted by atomic mass is 16.1. The lowest BCUT2D eigenvalue weighted by Crippen LogP contribution is -2.48. The monoisotopic (exact) mass is 194 g/mol. The number of aliphatic imine (C=N–C) groups is 1. The van der Waals surface area contributed by atoms with Crippen molar-refractivity contribution in [2.24, 2.45) is 22.1 Å². The van der Waals surface area contributed by atoms with E-state index in [1.54, 1.807) is 0 Å². The molecule has 1 heterocycles. The summed E-state index contributed by atoms with van der Waals surface area (Å²) in [5.74, 6) is 0.771. The van der Waals surface area contributed by atoms with Gasteiger partial charge in [0.25, 0.3) is 0 Å². The predicted molar refractivity (Wildman–Crippen MR) is 57.9 cm³/mol. The molecule has 0 bridgehead atoms. The summed E-state index contributed by atoms with van der Waals surface area (Å²) < 4.78 is 0. The van der Waals surface area contributed by atoms with E-state index in [4.69, 9.17) is 5.73 Å². The number of amidine groups is 1. The van der Waals surface area contributed by atoms with Crippen molar-refractivity contribution in [3.05, 3.63) is 12.3 Å². The third kappa shape index (κ3) is 1.47. The molecule has 0 fully saturated rings. The maximum Gasteiger partial charge on any atom is 0.171 e. The average molecular weight is 194 g/mol. The van der Waals surface area contributed by atoms with Crippen LogP contribution in [0.4, 0.5) is 0 Å². The molecule has 0 spiro atoms. The fourth-order valence-electron chi connectivity index (χ4n) is 2.09. The Balaban J connectivity index is 3.13. The minimum Gasteiger partial charge on any atom is -0.386 e. The van der Waals surface area contributed by atoms with Gasteiger partial charge in [-0.25, -0.2) is 4.99 Å². The molecule has 2 N–H and O–H groups in total. The second kappa shape index (κ2) is 3.95. The summed E-state index contributed by atoms with van der Waals surface area (Å²) >= 11 is 0. The molecule has 0 aliphatic carbocycles. The normalized spacial score (nSPS) is 26.9. The average Bonchev–Trinajstić information content (AvgIpc) is 2.11. The summed E-state index contributed by atoms with van der Waals surface area (Å²) in [6, 6.07) is 0. The molecule has 0 saturated heterocycles. The lowest BCUT2D eigenvalue weighted by atomic mass is 9.69. The number of nitrogens with zero attached hydrogens (tertiary/aromatic N) is 1. The number of ketones is 1. The highest BCUT2D eigenvalue weighted by Crippen LogP contribution is 2.36. The summed E-state index contributed by atoms with van der Waals surface area (Å²) in [7, 11) is 0. The Morgan fingerprint density at radius 1 is 1.57 bits per heavy atom. The Morgan fingerprint density at radius 3 is 2.64 bits per heavy atom. The van der Waals surface area contributed by atoms with Crippen molar-refractivity contribution < 1.29 is 4.79 Å². The van der Waals surface area contributed by atoms with Crippen LogP contribution in [-0.4, -0.2) is 11.6 Å². The Bertz CT molecular complexity index is 292. The van der Waals surface area contributed by atoms with Crippen molar-refractivity contribution in [2.45, 2.75) is 33.6 Å². The van der Waals surface area contributed by atoms with Crippen LogP contribution in [0.15, 0.2) is 17.3 Å². The topological polar surface area (TPSA) is 55.5 Å². The Hall–Kier alpha value is -1.12. The highest BCUT2D eigenvalue weighted by Gasteiger charge is 2.44. The van der Waals surface area contributed by atoms with Gasteiger partial charge in [0, 0.05) is 12.3 Å². The lowest BCUT2D eigenvalue weighted by molar-refractivity contribution is -0.122. The minimum absolute atomic E-state index is 0.0989. The number of nitrogens with two attached hydrogens (primary N) is 1. The fraction of sp³-hybridized carbons (Fsp3) is 0.636. The van der Waals surface area contributed by atoms with Gasteiger partial charge in [0.05, 0.1) is 5.41 Å². The zero-order chi connectivity index (χ0) is 10.8. The Labute approximate surface area is 85.1 Å². The molecule has 0 aromatic rings. The number of allylic oxidation sites excluding steroid dienone is 1. The largest absolute Gasteiger partial charge is 0.386 e. The van der Waals surface area contributed by atoms with Gasteiger partial charge in [-0.05, 0) is 12.3 Å². The molecule has 1 rings (SSSR count). The van der Waals surface area contributed by atoms with Gasteiger partial charge in [0.2, 0.25) is 0 Å². The molecule has 0 amide bonds. The minimum atomic E-state index is -0.552. The molecule has 0 aromatic heterocycles. The van der Waals surface area contributed by atoms with Crippen molar-refractivity contribution in [1.82, 2.24) is 0 Å². The molecule has 0 aromatic carbocycles. The maximum absolute atomic E-state index is 11.9. The number of carbonyl (C=O) groups excluding carboxylic acids is 1. The van der Waals surface area contributed by atoms with Gasteiger partial charge in [-0.1, -0.05) is 27.2 Å². The van der Waals surface area contributed by atoms with E-state index in [0.29, 0.717) is 5.84 Å². The van der Waals surface area contributed by atoms with E-state index in [0.717, 1.165) is 12.8 Å². The second-order valence-corrected chi connectivity index (χ2v) is 4.07. The molecule has 1 atom stereocenters. The second-order valence-electron chi connectivity index (χ2n) is 4.07. The van der Waals surface area contributed by atoms with Gasteiger partial charge in [0.15, 0.2) is 5.78 Å². The van der Waals surface area contributed by atoms with E-state index in [1.807, 2.05) is 13.8 Å². The molecule has 1 aliphatic heterocycles. The zero-order valence-corrected chi connectivity index (χ0v) is 9.08. The number of hydrogen-bond acceptors (Lipinski definition) is 3. The first kappa shape index (κ1) is 11.0. The van der Waals surface area contributed by atoms with Crippen molar-refractivity contribution in [1.29, 1.82) is 0 Å². The van der Waals surface area contributed by atoms with Crippen LogP contribution in [0.2, 0.25) is 0 Å². The highest BCUT2D eigenvalue weighted by molar-refractivity contribution is 6.14. The van der Waals surface area contributed by atoms with Crippen LogP contribution in [0.5, 0.6) is 0 Å². The quantitative estimate of drug-likeness (QED) is 0.745. The van der Waals surface area contributed by atoms with E-state index in [2.05, 4.69) is 11.9 Å². The van der Waals surface area contributed by atoms with Gasteiger partial charge in [-0.15, -0.1) is 0 Å². The molecule has 78 valence electrons. The Kier molecular flexibility index (Phi) is 3.09. The zero-order valence-electron chi connectivity index (χ0n) is 9.08. The molecular weight excluding hydrogens is 176 g/mol. The van der Waals surface area contributed by atoms with E-state index >= 15 is 0 Å². The molecule has 0 saturated carbocycles. The summed E-state index contributed by atoms with van der Waals surface area (Å²) in [5, 5.41) is 0. The van der Waals surface area contributed by atoms with Crippen LogP contribution in [0.3, 0.4) is 0 Å². The van der Waals surface area contributed by atoms with Gasteiger partial charge >= 0.3 is 0 Å².